The Balaban J connectivity index is 2.07. The van der Waals surface area contributed by atoms with Crippen molar-refractivity contribution in [3.63, 3.8) is 0 Å². The second kappa shape index (κ2) is 10.1. The number of benzene rings is 1. The lowest BCUT2D eigenvalue weighted by Gasteiger charge is -2.11. The van der Waals surface area contributed by atoms with Gasteiger partial charge in [0.05, 0.1) is 20.2 Å². The van der Waals surface area contributed by atoms with Crippen molar-refractivity contribution in [1.82, 2.24) is 10.6 Å². The van der Waals surface area contributed by atoms with Crippen LogP contribution in [0.3, 0.4) is 0 Å². The van der Waals surface area contributed by atoms with Crippen LogP contribution in [0.4, 0.5) is 0 Å². The lowest BCUT2D eigenvalue weighted by atomic mass is 10.1. The van der Waals surface area contributed by atoms with Crippen molar-refractivity contribution in [1.29, 1.82) is 0 Å². The molecule has 0 aliphatic rings. The van der Waals surface area contributed by atoms with Gasteiger partial charge in [-0.3, -0.25) is 0 Å². The van der Waals surface area contributed by atoms with E-state index in [1.165, 1.54) is 23.1 Å². The number of hydrogen-bond donors (Lipinski definition) is 2. The largest absolute Gasteiger partial charge is 0.465 e. The smallest absolute Gasteiger partial charge is 0.341 e. The fourth-order valence-corrected chi connectivity index (χ4v) is 3.30. The third-order valence-electron chi connectivity index (χ3n) is 4.00. The molecule has 0 amide bonds. The first kappa shape index (κ1) is 20.9. The normalized spacial score (nSPS) is 11.4. The summed E-state index contributed by atoms with van der Waals surface area (Å²) in [6.45, 7) is 7.61. The van der Waals surface area contributed by atoms with Crippen molar-refractivity contribution in [2.24, 2.45) is 4.99 Å². The molecule has 2 rings (SSSR count). The molecule has 27 heavy (non-hydrogen) atoms. The molecule has 7 heteroatoms. The standard InChI is InChI=1S/C20H27N3O3S/c1-6-21-20(22-11-15-8-7-13(2)9-18(15)27-5)23-12-16-10-17(14(3)26-16)19(24)25-4/h7-10H,6,11-12H2,1-5H3,(H2,21,22,23). The van der Waals surface area contributed by atoms with Crippen LogP contribution in [-0.2, 0) is 17.8 Å². The van der Waals surface area contributed by atoms with E-state index in [9.17, 15) is 4.79 Å². The molecule has 0 atom stereocenters. The molecule has 0 spiro atoms. The summed E-state index contributed by atoms with van der Waals surface area (Å²) in [4.78, 5) is 17.6. The van der Waals surface area contributed by atoms with Gasteiger partial charge in [-0.25, -0.2) is 9.79 Å². The first-order chi connectivity index (χ1) is 13.0. The highest BCUT2D eigenvalue weighted by Crippen LogP contribution is 2.22. The molecule has 1 aromatic carbocycles. The lowest BCUT2D eigenvalue weighted by Crippen LogP contribution is -2.36. The van der Waals surface area contributed by atoms with Crippen LogP contribution in [0, 0.1) is 13.8 Å². The summed E-state index contributed by atoms with van der Waals surface area (Å²) in [6.07, 6.45) is 2.07. The lowest BCUT2D eigenvalue weighted by molar-refractivity contribution is 0.0599. The zero-order chi connectivity index (χ0) is 19.8. The maximum atomic E-state index is 11.7. The third-order valence-corrected chi connectivity index (χ3v) is 4.82. The topological polar surface area (TPSA) is 75.9 Å². The molecular weight excluding hydrogens is 362 g/mol. The Kier molecular flexibility index (Phi) is 7.79. The average Bonchev–Trinajstić information content (AvgIpc) is 3.04. The Labute approximate surface area is 164 Å². The minimum Gasteiger partial charge on any atom is -0.465 e. The number of hydrogen-bond acceptors (Lipinski definition) is 5. The monoisotopic (exact) mass is 389 g/mol. The van der Waals surface area contributed by atoms with Crippen LogP contribution >= 0.6 is 11.8 Å². The maximum Gasteiger partial charge on any atom is 0.341 e. The summed E-state index contributed by atoms with van der Waals surface area (Å²) in [5, 5.41) is 6.47. The molecule has 0 radical (unpaired) electrons. The van der Waals surface area contributed by atoms with Crippen LogP contribution in [0.2, 0.25) is 0 Å². The van der Waals surface area contributed by atoms with E-state index in [2.05, 4.69) is 47.0 Å². The average molecular weight is 390 g/mol. The van der Waals surface area contributed by atoms with Crippen molar-refractivity contribution in [2.45, 2.75) is 38.8 Å². The molecule has 0 aliphatic carbocycles. The first-order valence-electron chi connectivity index (χ1n) is 8.81. The molecule has 146 valence electrons. The Bertz CT molecular complexity index is 815. The molecule has 0 saturated carbocycles. The summed E-state index contributed by atoms with van der Waals surface area (Å²) < 4.78 is 10.4. The van der Waals surface area contributed by atoms with E-state index >= 15 is 0 Å². The van der Waals surface area contributed by atoms with Crippen molar-refractivity contribution in [3.8, 4) is 0 Å². The highest BCUT2D eigenvalue weighted by Gasteiger charge is 2.15. The van der Waals surface area contributed by atoms with Crippen LogP contribution in [0.1, 0.15) is 39.9 Å². The SMILES string of the molecule is CCNC(=NCc1ccc(C)cc1SC)NCc1cc(C(=O)OC)c(C)o1. The number of esters is 1. The summed E-state index contributed by atoms with van der Waals surface area (Å²) in [6, 6.07) is 8.09. The van der Waals surface area contributed by atoms with Crippen LogP contribution in [-0.4, -0.2) is 31.8 Å². The second-order valence-corrected chi connectivity index (χ2v) is 6.89. The maximum absolute atomic E-state index is 11.7. The van der Waals surface area contributed by atoms with E-state index in [0.717, 1.165) is 6.54 Å². The van der Waals surface area contributed by atoms with Gasteiger partial charge in [0.15, 0.2) is 5.96 Å². The highest BCUT2D eigenvalue weighted by molar-refractivity contribution is 7.98. The number of guanidine groups is 1. The van der Waals surface area contributed by atoms with E-state index in [0.29, 0.717) is 36.1 Å². The number of carbonyl (C=O) groups excluding carboxylic acids is 1. The second-order valence-electron chi connectivity index (χ2n) is 6.04. The van der Waals surface area contributed by atoms with Crippen LogP contribution in [0.5, 0.6) is 0 Å². The predicted molar refractivity (Wildman–Crippen MR) is 109 cm³/mol. The van der Waals surface area contributed by atoms with Gasteiger partial charge in [-0.05, 0) is 50.3 Å². The highest BCUT2D eigenvalue weighted by atomic mass is 32.2. The van der Waals surface area contributed by atoms with E-state index in [4.69, 9.17) is 9.15 Å². The number of carbonyl (C=O) groups is 1. The summed E-state index contributed by atoms with van der Waals surface area (Å²) in [5.41, 5.74) is 2.87. The predicted octanol–water partition coefficient (Wildman–Crippen LogP) is 3.66. The first-order valence-corrected chi connectivity index (χ1v) is 10.0. The Morgan fingerprint density at radius 3 is 2.70 bits per heavy atom. The number of aliphatic imine (C=N–C) groups is 1. The number of rotatable bonds is 7. The molecule has 6 nitrogen and oxygen atoms in total. The number of aryl methyl sites for hydroxylation is 2. The fraction of sp³-hybridized carbons (Fsp3) is 0.400. The van der Waals surface area contributed by atoms with E-state index in [1.807, 2.05) is 6.92 Å². The number of thioether (sulfide) groups is 1. The molecule has 1 heterocycles. The molecular formula is C20H27N3O3S. The minimum atomic E-state index is -0.396. The van der Waals surface area contributed by atoms with Gasteiger partial charge in [0, 0.05) is 11.4 Å². The quantitative estimate of drug-likeness (QED) is 0.326. The number of nitrogens with one attached hydrogen (secondary N) is 2. The molecule has 2 N–H and O–H groups in total. The van der Waals surface area contributed by atoms with Crippen LogP contribution < -0.4 is 10.6 Å². The number of methoxy groups -OCH3 is 1. The number of nitrogens with zero attached hydrogens (tertiary/aromatic N) is 1. The zero-order valence-corrected chi connectivity index (χ0v) is 17.3. The zero-order valence-electron chi connectivity index (χ0n) is 16.5. The van der Waals surface area contributed by atoms with Gasteiger partial charge >= 0.3 is 5.97 Å². The number of ether oxygens (including phenoxy) is 1. The van der Waals surface area contributed by atoms with Gasteiger partial charge in [-0.15, -0.1) is 11.8 Å². The Morgan fingerprint density at radius 1 is 1.26 bits per heavy atom. The van der Waals surface area contributed by atoms with Gasteiger partial charge in [0.1, 0.15) is 17.1 Å². The third kappa shape index (κ3) is 5.79. The van der Waals surface area contributed by atoms with Gasteiger partial charge in [-0.2, -0.15) is 0 Å². The van der Waals surface area contributed by atoms with Crippen molar-refractivity contribution < 1.29 is 13.9 Å². The van der Waals surface area contributed by atoms with Crippen LogP contribution in [0.25, 0.3) is 0 Å². The van der Waals surface area contributed by atoms with E-state index < -0.39 is 5.97 Å². The van der Waals surface area contributed by atoms with Gasteiger partial charge in [-0.1, -0.05) is 12.1 Å². The summed E-state index contributed by atoms with van der Waals surface area (Å²) in [5.74, 6) is 1.49. The fourth-order valence-electron chi connectivity index (χ4n) is 2.60. The van der Waals surface area contributed by atoms with Gasteiger partial charge in [0.2, 0.25) is 0 Å². The minimum absolute atomic E-state index is 0.396. The van der Waals surface area contributed by atoms with E-state index in [-0.39, 0.29) is 0 Å². The van der Waals surface area contributed by atoms with Crippen molar-refractivity contribution in [2.75, 3.05) is 19.9 Å². The van der Waals surface area contributed by atoms with Gasteiger partial charge < -0.3 is 19.8 Å². The van der Waals surface area contributed by atoms with Gasteiger partial charge in [0.25, 0.3) is 0 Å². The van der Waals surface area contributed by atoms with Crippen LogP contribution in [0.15, 0.2) is 38.6 Å². The Morgan fingerprint density at radius 2 is 2.04 bits per heavy atom. The Hall–Kier alpha value is -2.41. The molecule has 0 aliphatic heterocycles. The molecule has 0 bridgehead atoms. The van der Waals surface area contributed by atoms with Crippen molar-refractivity contribution in [3.05, 3.63) is 52.5 Å². The molecule has 1 aromatic heterocycles. The number of furan rings is 1. The molecule has 2 aromatic rings. The van der Waals surface area contributed by atoms with E-state index in [1.54, 1.807) is 24.8 Å². The molecule has 0 saturated heterocycles. The molecule has 0 unspecified atom stereocenters. The van der Waals surface area contributed by atoms with Crippen molar-refractivity contribution >= 4 is 23.7 Å². The summed E-state index contributed by atoms with van der Waals surface area (Å²) in [7, 11) is 1.36. The summed E-state index contributed by atoms with van der Waals surface area (Å²) >= 11 is 1.73. The molecule has 0 fully saturated rings.